The van der Waals surface area contributed by atoms with Gasteiger partial charge in [-0.05, 0) is 36.3 Å². The van der Waals surface area contributed by atoms with Crippen molar-refractivity contribution in [1.82, 2.24) is 10.6 Å². The number of guanidine groups is 1. The molecular formula is C19H33N3O2S. The van der Waals surface area contributed by atoms with Gasteiger partial charge in [0.1, 0.15) is 9.84 Å². The highest BCUT2D eigenvalue weighted by Crippen LogP contribution is 2.22. The Bertz CT molecular complexity index is 659. The maximum Gasteiger partial charge on any atom is 0.191 e. The average Bonchev–Trinajstić information content (AvgIpc) is 2.51. The molecule has 6 heteroatoms. The molecule has 2 N–H and O–H groups in total. The molecule has 0 heterocycles. The minimum atomic E-state index is -2.93. The summed E-state index contributed by atoms with van der Waals surface area (Å²) in [6, 6.07) is 8.78. The first-order valence-electron chi connectivity index (χ1n) is 8.75. The van der Waals surface area contributed by atoms with Gasteiger partial charge in [0.2, 0.25) is 0 Å². The molecule has 0 fully saturated rings. The van der Waals surface area contributed by atoms with Crippen LogP contribution in [-0.2, 0) is 21.7 Å². The second-order valence-electron chi connectivity index (χ2n) is 7.66. The van der Waals surface area contributed by atoms with E-state index in [9.17, 15) is 8.42 Å². The van der Waals surface area contributed by atoms with Crippen LogP contribution in [0.25, 0.3) is 0 Å². The lowest BCUT2D eigenvalue weighted by Gasteiger charge is -2.19. The zero-order valence-electron chi connectivity index (χ0n) is 16.4. The van der Waals surface area contributed by atoms with Gasteiger partial charge in [-0.15, -0.1) is 0 Å². The number of nitrogens with one attached hydrogen (secondary N) is 2. The van der Waals surface area contributed by atoms with Gasteiger partial charge in [0.15, 0.2) is 5.96 Å². The monoisotopic (exact) mass is 367 g/mol. The third-order valence-electron chi connectivity index (χ3n) is 4.05. The van der Waals surface area contributed by atoms with E-state index in [4.69, 9.17) is 0 Å². The number of sulfone groups is 1. The highest BCUT2D eigenvalue weighted by Gasteiger charge is 2.13. The Morgan fingerprint density at radius 2 is 1.80 bits per heavy atom. The third kappa shape index (κ3) is 8.91. The molecule has 0 amide bonds. The van der Waals surface area contributed by atoms with Gasteiger partial charge in [-0.1, -0.05) is 45.0 Å². The first kappa shape index (κ1) is 21.5. The predicted octanol–water partition coefficient (Wildman–Crippen LogP) is 2.51. The van der Waals surface area contributed by atoms with Crippen molar-refractivity contribution in [2.45, 2.75) is 52.0 Å². The van der Waals surface area contributed by atoms with E-state index >= 15 is 0 Å². The van der Waals surface area contributed by atoms with Crippen LogP contribution in [-0.4, -0.2) is 46.0 Å². The fraction of sp³-hybridized carbons (Fsp3) is 0.632. The fourth-order valence-electron chi connectivity index (χ4n) is 2.39. The van der Waals surface area contributed by atoms with Crippen LogP contribution in [0.4, 0.5) is 0 Å². The maximum atomic E-state index is 11.2. The first-order chi connectivity index (χ1) is 11.5. The first-order valence-corrected chi connectivity index (χ1v) is 10.8. The van der Waals surface area contributed by atoms with Gasteiger partial charge < -0.3 is 10.6 Å². The van der Waals surface area contributed by atoms with Crippen molar-refractivity contribution in [2.75, 3.05) is 25.6 Å². The summed E-state index contributed by atoms with van der Waals surface area (Å²) in [6.07, 6.45) is 2.73. The van der Waals surface area contributed by atoms with Gasteiger partial charge in [0.05, 0.1) is 5.75 Å². The number of nitrogens with zero attached hydrogens (tertiary/aromatic N) is 1. The molecule has 0 bridgehead atoms. The quantitative estimate of drug-likeness (QED) is 0.574. The second-order valence-corrected chi connectivity index (χ2v) is 9.92. The molecule has 0 aliphatic rings. The minimum Gasteiger partial charge on any atom is -0.356 e. The number of aliphatic imine (C=N–C) groups is 1. The summed E-state index contributed by atoms with van der Waals surface area (Å²) in [4.78, 5) is 4.20. The summed E-state index contributed by atoms with van der Waals surface area (Å²) in [7, 11) is -1.21. The lowest BCUT2D eigenvalue weighted by atomic mass is 9.86. The molecule has 1 aromatic rings. The average molecular weight is 368 g/mol. The van der Waals surface area contributed by atoms with Crippen molar-refractivity contribution in [3.8, 4) is 0 Å². The summed E-state index contributed by atoms with van der Waals surface area (Å²) in [6.45, 7) is 9.37. The molecule has 0 saturated carbocycles. The molecule has 0 spiro atoms. The zero-order chi connectivity index (χ0) is 19.1. The molecule has 0 aliphatic heterocycles. The van der Waals surface area contributed by atoms with Crippen LogP contribution < -0.4 is 10.6 Å². The number of rotatable bonds is 7. The third-order valence-corrected chi connectivity index (χ3v) is 5.03. The summed E-state index contributed by atoms with van der Waals surface area (Å²) >= 11 is 0. The van der Waals surface area contributed by atoms with Crippen molar-refractivity contribution < 1.29 is 8.42 Å². The van der Waals surface area contributed by atoms with E-state index in [1.165, 1.54) is 17.4 Å². The minimum absolute atomic E-state index is 0.0481. The summed E-state index contributed by atoms with van der Waals surface area (Å²) in [5.41, 5.74) is 2.78. The topological polar surface area (TPSA) is 70.6 Å². The molecular weight excluding hydrogens is 334 g/mol. The van der Waals surface area contributed by atoms with Crippen LogP contribution in [0.3, 0.4) is 0 Å². The normalized spacial score (nSPS) is 14.2. The molecule has 0 aliphatic carbocycles. The van der Waals surface area contributed by atoms with Crippen LogP contribution >= 0.6 is 0 Å². The molecule has 1 unspecified atom stereocenters. The summed E-state index contributed by atoms with van der Waals surface area (Å²) in [5, 5.41) is 6.51. The Morgan fingerprint density at radius 3 is 2.28 bits per heavy atom. The molecule has 0 saturated heterocycles. The fourth-order valence-corrected chi connectivity index (χ4v) is 3.17. The number of hydrogen-bond donors (Lipinski definition) is 2. The highest BCUT2D eigenvalue weighted by molar-refractivity contribution is 7.90. The maximum absolute atomic E-state index is 11.2. The largest absolute Gasteiger partial charge is 0.356 e. The highest BCUT2D eigenvalue weighted by atomic mass is 32.2. The molecule has 1 aromatic carbocycles. The van der Waals surface area contributed by atoms with Crippen LogP contribution in [0.5, 0.6) is 0 Å². The summed E-state index contributed by atoms with van der Waals surface area (Å²) in [5.74, 6) is 0.880. The molecule has 142 valence electrons. The Balaban J connectivity index is 2.42. The van der Waals surface area contributed by atoms with E-state index < -0.39 is 9.84 Å². The smallest absolute Gasteiger partial charge is 0.191 e. The molecule has 0 radical (unpaired) electrons. The van der Waals surface area contributed by atoms with Gasteiger partial charge in [-0.2, -0.15) is 0 Å². The van der Waals surface area contributed by atoms with Crippen molar-refractivity contribution in [2.24, 2.45) is 4.99 Å². The Labute approximate surface area is 153 Å². The van der Waals surface area contributed by atoms with Crippen molar-refractivity contribution in [3.05, 3.63) is 35.4 Å². The number of hydrogen-bond acceptors (Lipinski definition) is 3. The molecule has 1 rings (SSSR count). The van der Waals surface area contributed by atoms with E-state index in [-0.39, 0.29) is 17.2 Å². The Morgan fingerprint density at radius 1 is 1.20 bits per heavy atom. The van der Waals surface area contributed by atoms with Crippen LogP contribution in [0.1, 0.15) is 45.2 Å². The van der Waals surface area contributed by atoms with E-state index in [1.54, 1.807) is 7.05 Å². The van der Waals surface area contributed by atoms with Gasteiger partial charge in [0.25, 0.3) is 0 Å². The summed E-state index contributed by atoms with van der Waals surface area (Å²) < 4.78 is 22.5. The van der Waals surface area contributed by atoms with Crippen molar-refractivity contribution >= 4 is 15.8 Å². The number of benzene rings is 1. The zero-order valence-corrected chi connectivity index (χ0v) is 17.2. The van der Waals surface area contributed by atoms with Crippen LogP contribution in [0.15, 0.2) is 29.3 Å². The van der Waals surface area contributed by atoms with Gasteiger partial charge in [0, 0.05) is 25.9 Å². The molecule has 1 atom stereocenters. The molecule has 25 heavy (non-hydrogen) atoms. The van der Waals surface area contributed by atoms with Crippen LogP contribution in [0.2, 0.25) is 0 Å². The van der Waals surface area contributed by atoms with Crippen molar-refractivity contribution in [3.63, 3.8) is 0 Å². The Kier molecular flexibility index (Phi) is 7.93. The van der Waals surface area contributed by atoms with Gasteiger partial charge in [-0.25, -0.2) is 8.42 Å². The van der Waals surface area contributed by atoms with E-state index in [0.717, 1.165) is 13.0 Å². The van der Waals surface area contributed by atoms with E-state index in [2.05, 4.69) is 60.7 Å². The lowest BCUT2D eigenvalue weighted by molar-refractivity contribution is 0.581. The lowest BCUT2D eigenvalue weighted by Crippen LogP contribution is -2.43. The second kappa shape index (κ2) is 9.22. The van der Waals surface area contributed by atoms with E-state index in [1.807, 2.05) is 6.92 Å². The molecule has 5 nitrogen and oxygen atoms in total. The predicted molar refractivity (Wildman–Crippen MR) is 107 cm³/mol. The van der Waals surface area contributed by atoms with Gasteiger partial charge in [-0.3, -0.25) is 4.99 Å². The van der Waals surface area contributed by atoms with Crippen LogP contribution in [0, 0.1) is 0 Å². The standard InChI is InChI=1S/C19H33N3O2S/c1-15(12-14-25(6,23)24)22-18(20-5)21-13-11-16-7-9-17(10-8-16)19(2,3)4/h7-10,15H,11-14H2,1-6H3,(H2,20,21,22). The van der Waals surface area contributed by atoms with Crippen molar-refractivity contribution in [1.29, 1.82) is 0 Å². The van der Waals surface area contributed by atoms with E-state index in [0.29, 0.717) is 12.4 Å². The van der Waals surface area contributed by atoms with Gasteiger partial charge >= 0.3 is 0 Å². The SMILES string of the molecule is CN=C(NCCc1ccc(C(C)(C)C)cc1)NC(C)CCS(C)(=O)=O. The molecule has 0 aromatic heterocycles. The Hall–Kier alpha value is -1.56.